The van der Waals surface area contributed by atoms with E-state index in [-0.39, 0.29) is 17.0 Å². The van der Waals surface area contributed by atoms with E-state index in [1.165, 1.54) is 18.3 Å². The molecule has 0 radical (unpaired) electrons. The van der Waals surface area contributed by atoms with Crippen molar-refractivity contribution in [3.05, 3.63) is 66.1 Å². The highest BCUT2D eigenvalue weighted by Gasteiger charge is 2.31. The van der Waals surface area contributed by atoms with Gasteiger partial charge in [-0.2, -0.15) is 5.26 Å². The molecule has 7 nitrogen and oxygen atoms in total. The van der Waals surface area contributed by atoms with Gasteiger partial charge < -0.3 is 15.0 Å². The average molecular weight is 481 g/mol. The first-order chi connectivity index (χ1) is 16.8. The molecule has 4 rings (SSSR count). The predicted molar refractivity (Wildman–Crippen MR) is 124 cm³/mol. The summed E-state index contributed by atoms with van der Waals surface area (Å²) in [4.78, 5) is 23.8. The van der Waals surface area contributed by atoms with Crippen LogP contribution in [-0.2, 0) is 0 Å². The normalized spacial score (nSPS) is 15.5. The maximum atomic E-state index is 12.9. The fourth-order valence-corrected chi connectivity index (χ4v) is 3.97. The number of nitrogens with one attached hydrogen (secondary N) is 1. The molecule has 0 aliphatic carbocycles. The Balaban J connectivity index is 1.60. The van der Waals surface area contributed by atoms with Crippen molar-refractivity contribution in [3.8, 4) is 22.9 Å². The molecule has 3 aromatic rings. The van der Waals surface area contributed by atoms with Gasteiger partial charge in [-0.1, -0.05) is 13.3 Å². The summed E-state index contributed by atoms with van der Waals surface area (Å²) in [5.74, 6) is 0.450. The number of hydrogen-bond acceptors (Lipinski definition) is 6. The lowest BCUT2D eigenvalue weighted by molar-refractivity contribution is -0.274. The lowest BCUT2D eigenvalue weighted by Gasteiger charge is -2.21. The smallest absolute Gasteiger partial charge is 0.406 e. The Morgan fingerprint density at radius 1 is 1.20 bits per heavy atom. The van der Waals surface area contributed by atoms with E-state index in [0.29, 0.717) is 17.2 Å². The van der Waals surface area contributed by atoms with Crippen LogP contribution in [0, 0.1) is 17.2 Å². The van der Waals surface area contributed by atoms with Gasteiger partial charge in [0.25, 0.3) is 5.91 Å². The maximum Gasteiger partial charge on any atom is 0.573 e. The first-order valence-electron chi connectivity index (χ1n) is 11.0. The second kappa shape index (κ2) is 10.0. The third-order valence-electron chi connectivity index (χ3n) is 5.83. The molecular weight excluding hydrogens is 459 g/mol. The first-order valence-corrected chi connectivity index (χ1v) is 11.0. The van der Waals surface area contributed by atoms with E-state index < -0.39 is 12.3 Å². The van der Waals surface area contributed by atoms with Crippen molar-refractivity contribution in [2.45, 2.75) is 26.1 Å². The van der Waals surface area contributed by atoms with Gasteiger partial charge in [0.1, 0.15) is 23.3 Å². The molecule has 1 aliphatic heterocycles. The Labute approximate surface area is 200 Å². The van der Waals surface area contributed by atoms with Crippen LogP contribution in [0.2, 0.25) is 0 Å². The molecule has 1 N–H and O–H groups in total. The minimum absolute atomic E-state index is 0.273. The maximum absolute atomic E-state index is 12.9. The van der Waals surface area contributed by atoms with Crippen LogP contribution in [0.4, 0.5) is 24.7 Å². The van der Waals surface area contributed by atoms with E-state index in [0.717, 1.165) is 49.4 Å². The highest BCUT2D eigenvalue weighted by atomic mass is 19.4. The number of rotatable bonds is 6. The number of ether oxygens (including phenoxy) is 1. The summed E-state index contributed by atoms with van der Waals surface area (Å²) in [6.45, 7) is 3.86. The van der Waals surface area contributed by atoms with E-state index in [9.17, 15) is 18.0 Å². The van der Waals surface area contributed by atoms with E-state index >= 15 is 0 Å². The Morgan fingerprint density at radius 3 is 2.57 bits per heavy atom. The third kappa shape index (κ3) is 5.87. The molecule has 0 unspecified atom stereocenters. The highest BCUT2D eigenvalue weighted by Crippen LogP contribution is 2.34. The van der Waals surface area contributed by atoms with Crippen LogP contribution >= 0.6 is 0 Å². The molecule has 1 saturated heterocycles. The summed E-state index contributed by atoms with van der Waals surface area (Å²) in [5, 5.41) is 11.7. The Hall–Kier alpha value is -4.13. The number of aromatic nitrogens is 2. The summed E-state index contributed by atoms with van der Waals surface area (Å²) in [6.07, 6.45) is 0.386. The standard InChI is InChI=1S/C25H22F3N5O2/c1-2-16-9-10-33(15-16)23-22(17-3-4-20(12-29)30-13-17)11-18(14-31-23)24(34)32-19-5-7-21(8-6-19)35-25(26,27)28/h3-8,11,13-14,16H,2,9-10,15H2,1H3,(H,32,34)/t16-/m0/s1. The Morgan fingerprint density at radius 2 is 1.97 bits per heavy atom. The van der Waals surface area contributed by atoms with Crippen molar-refractivity contribution in [1.29, 1.82) is 5.26 Å². The number of carbonyl (C=O) groups is 1. The molecule has 0 spiro atoms. The van der Waals surface area contributed by atoms with Crippen molar-refractivity contribution >= 4 is 17.4 Å². The summed E-state index contributed by atoms with van der Waals surface area (Å²) in [5.41, 5.74) is 2.29. The Bertz CT molecular complexity index is 1240. The topological polar surface area (TPSA) is 91.1 Å². The van der Waals surface area contributed by atoms with Gasteiger partial charge in [-0.15, -0.1) is 13.2 Å². The lowest BCUT2D eigenvalue weighted by Crippen LogP contribution is -2.22. The van der Waals surface area contributed by atoms with Crippen LogP contribution in [0.5, 0.6) is 5.75 Å². The van der Waals surface area contributed by atoms with Gasteiger partial charge in [-0.3, -0.25) is 4.79 Å². The molecule has 0 saturated carbocycles. The van der Waals surface area contributed by atoms with Crippen molar-refractivity contribution in [3.63, 3.8) is 0 Å². The molecule has 1 amide bonds. The molecule has 3 heterocycles. The second-order valence-corrected chi connectivity index (χ2v) is 8.17. The SMILES string of the molecule is CC[C@H]1CCN(c2ncc(C(=O)Nc3ccc(OC(F)(F)F)cc3)cc2-c2ccc(C#N)nc2)C1. The summed E-state index contributed by atoms with van der Waals surface area (Å²) in [7, 11) is 0. The zero-order valence-electron chi connectivity index (χ0n) is 18.8. The zero-order chi connectivity index (χ0) is 25.0. The number of nitriles is 1. The summed E-state index contributed by atoms with van der Waals surface area (Å²) >= 11 is 0. The molecular formula is C25H22F3N5O2. The number of nitrogens with zero attached hydrogens (tertiary/aromatic N) is 4. The molecule has 1 fully saturated rings. The highest BCUT2D eigenvalue weighted by molar-refractivity contribution is 6.05. The van der Waals surface area contributed by atoms with E-state index in [2.05, 4.69) is 31.8 Å². The number of benzene rings is 1. The van der Waals surface area contributed by atoms with E-state index in [1.54, 1.807) is 24.4 Å². The van der Waals surface area contributed by atoms with Crippen LogP contribution in [0.1, 0.15) is 35.8 Å². The molecule has 1 aromatic carbocycles. The van der Waals surface area contributed by atoms with Gasteiger partial charge in [0.2, 0.25) is 0 Å². The first kappa shape index (κ1) is 24.0. The van der Waals surface area contributed by atoms with Crippen LogP contribution in [0.25, 0.3) is 11.1 Å². The van der Waals surface area contributed by atoms with Gasteiger partial charge in [0.05, 0.1) is 5.56 Å². The summed E-state index contributed by atoms with van der Waals surface area (Å²) in [6, 6.07) is 12.0. The number of amides is 1. The molecule has 35 heavy (non-hydrogen) atoms. The fraction of sp³-hybridized carbons (Fsp3) is 0.280. The van der Waals surface area contributed by atoms with Crippen LogP contribution in [0.15, 0.2) is 54.9 Å². The average Bonchev–Trinajstić information content (AvgIpc) is 3.33. The Kier molecular flexibility index (Phi) is 6.87. The fourth-order valence-electron chi connectivity index (χ4n) is 3.97. The number of pyridine rings is 2. The second-order valence-electron chi connectivity index (χ2n) is 8.17. The third-order valence-corrected chi connectivity index (χ3v) is 5.83. The predicted octanol–water partition coefficient (Wildman–Crippen LogP) is 5.40. The van der Waals surface area contributed by atoms with Gasteiger partial charge in [0.15, 0.2) is 0 Å². The van der Waals surface area contributed by atoms with Gasteiger partial charge in [-0.05, 0) is 54.8 Å². The van der Waals surface area contributed by atoms with Crippen LogP contribution in [-0.4, -0.2) is 35.3 Å². The monoisotopic (exact) mass is 481 g/mol. The van der Waals surface area contributed by atoms with E-state index in [1.807, 2.05) is 6.07 Å². The quantitative estimate of drug-likeness (QED) is 0.507. The molecule has 2 aromatic heterocycles. The number of alkyl halides is 3. The number of hydrogen-bond donors (Lipinski definition) is 1. The van der Waals surface area contributed by atoms with Gasteiger partial charge in [0, 0.05) is 42.3 Å². The number of carbonyl (C=O) groups excluding carboxylic acids is 1. The number of anilines is 2. The van der Waals surface area contributed by atoms with Crippen molar-refractivity contribution in [2.75, 3.05) is 23.3 Å². The van der Waals surface area contributed by atoms with Crippen LogP contribution in [0.3, 0.4) is 0 Å². The minimum atomic E-state index is -4.79. The van der Waals surface area contributed by atoms with Crippen molar-refractivity contribution in [1.82, 2.24) is 9.97 Å². The van der Waals surface area contributed by atoms with Crippen LogP contribution < -0.4 is 15.0 Å². The molecule has 10 heteroatoms. The zero-order valence-corrected chi connectivity index (χ0v) is 18.8. The molecule has 0 bridgehead atoms. The lowest BCUT2D eigenvalue weighted by atomic mass is 10.0. The minimum Gasteiger partial charge on any atom is -0.406 e. The number of halogens is 3. The largest absolute Gasteiger partial charge is 0.573 e. The van der Waals surface area contributed by atoms with Gasteiger partial charge >= 0.3 is 6.36 Å². The van der Waals surface area contributed by atoms with Crippen molar-refractivity contribution in [2.24, 2.45) is 5.92 Å². The molecule has 1 atom stereocenters. The van der Waals surface area contributed by atoms with Crippen molar-refractivity contribution < 1.29 is 22.7 Å². The van der Waals surface area contributed by atoms with Gasteiger partial charge in [-0.25, -0.2) is 9.97 Å². The van der Waals surface area contributed by atoms with E-state index in [4.69, 9.17) is 5.26 Å². The summed E-state index contributed by atoms with van der Waals surface area (Å²) < 4.78 is 40.9. The molecule has 1 aliphatic rings. The molecule has 180 valence electrons.